The molecule has 2 fully saturated rings. The van der Waals surface area contributed by atoms with E-state index in [0.29, 0.717) is 5.69 Å². The van der Waals surface area contributed by atoms with E-state index in [9.17, 15) is 14.4 Å². The van der Waals surface area contributed by atoms with E-state index in [1.807, 2.05) is 31.2 Å². The summed E-state index contributed by atoms with van der Waals surface area (Å²) in [6.45, 7) is 1.72. The van der Waals surface area contributed by atoms with Crippen LogP contribution in [0.3, 0.4) is 0 Å². The average molecular weight is 389 g/mol. The highest BCUT2D eigenvalue weighted by Crippen LogP contribution is 2.52. The molecule has 1 heterocycles. The number of benzene rings is 1. The minimum atomic E-state index is -0.348. The minimum Gasteiger partial charge on any atom is -0.325 e. The Bertz CT molecular complexity index is 758. The molecule has 4 atom stereocenters. The Morgan fingerprint density at radius 3 is 2.42 bits per heavy atom. The number of aryl methyl sites for hydroxylation is 1. The highest BCUT2D eigenvalue weighted by atomic mass is 79.9. The molecule has 24 heavy (non-hydrogen) atoms. The number of hydrogen-bond donors (Lipinski definition) is 1. The van der Waals surface area contributed by atoms with Crippen molar-refractivity contribution in [1.29, 1.82) is 0 Å². The van der Waals surface area contributed by atoms with Crippen molar-refractivity contribution in [3.8, 4) is 0 Å². The van der Waals surface area contributed by atoms with Crippen LogP contribution in [0.25, 0.3) is 0 Å². The second-order valence-corrected chi connectivity index (χ2v) is 7.63. The van der Waals surface area contributed by atoms with Crippen LogP contribution in [0.2, 0.25) is 0 Å². The molecule has 6 heteroatoms. The minimum absolute atomic E-state index is 0.165. The first-order chi connectivity index (χ1) is 11.5. The lowest BCUT2D eigenvalue weighted by Gasteiger charge is -2.17. The maximum absolute atomic E-state index is 12.6. The molecule has 1 aromatic rings. The van der Waals surface area contributed by atoms with E-state index in [4.69, 9.17) is 0 Å². The number of likely N-dealkylation sites (tertiary alicyclic amines) is 1. The van der Waals surface area contributed by atoms with Crippen molar-refractivity contribution in [2.75, 3.05) is 11.9 Å². The number of halogens is 1. The fourth-order valence-corrected chi connectivity index (χ4v) is 4.43. The summed E-state index contributed by atoms with van der Waals surface area (Å²) in [6, 6.07) is 5.47. The van der Waals surface area contributed by atoms with E-state index in [1.54, 1.807) is 6.07 Å². The summed E-state index contributed by atoms with van der Waals surface area (Å²) in [5.74, 6) is -0.908. The van der Waals surface area contributed by atoms with Crippen LogP contribution in [0.5, 0.6) is 0 Å². The number of nitrogens with zero attached hydrogens (tertiary/aromatic N) is 1. The largest absolute Gasteiger partial charge is 0.325 e. The van der Waals surface area contributed by atoms with Gasteiger partial charge in [0.25, 0.3) is 0 Å². The highest BCUT2D eigenvalue weighted by Gasteiger charge is 2.59. The summed E-state index contributed by atoms with van der Waals surface area (Å²) >= 11 is 3.41. The van der Waals surface area contributed by atoms with Gasteiger partial charge in [-0.05, 0) is 48.9 Å². The highest BCUT2D eigenvalue weighted by molar-refractivity contribution is 9.10. The first kappa shape index (κ1) is 15.6. The van der Waals surface area contributed by atoms with Gasteiger partial charge in [-0.2, -0.15) is 0 Å². The van der Waals surface area contributed by atoms with Gasteiger partial charge in [0.1, 0.15) is 6.54 Å². The molecule has 3 aliphatic rings. The Balaban J connectivity index is 1.46. The summed E-state index contributed by atoms with van der Waals surface area (Å²) in [6.07, 6.45) is 4.99. The van der Waals surface area contributed by atoms with Gasteiger partial charge in [0.2, 0.25) is 17.7 Å². The fraction of sp³-hybridized carbons (Fsp3) is 0.389. The summed E-state index contributed by atoms with van der Waals surface area (Å²) in [5, 5.41) is 2.76. The van der Waals surface area contributed by atoms with Gasteiger partial charge in [0.05, 0.1) is 11.8 Å². The zero-order valence-electron chi connectivity index (χ0n) is 13.2. The molecule has 124 valence electrons. The number of amides is 3. The molecule has 5 nitrogen and oxygen atoms in total. The van der Waals surface area contributed by atoms with Gasteiger partial charge in [0, 0.05) is 10.2 Å². The number of hydrogen-bond acceptors (Lipinski definition) is 3. The van der Waals surface area contributed by atoms with E-state index >= 15 is 0 Å². The molecule has 2 bridgehead atoms. The zero-order valence-corrected chi connectivity index (χ0v) is 14.7. The molecule has 2 aliphatic carbocycles. The summed E-state index contributed by atoms with van der Waals surface area (Å²) in [4.78, 5) is 38.5. The molecule has 1 saturated carbocycles. The molecular weight excluding hydrogens is 372 g/mol. The van der Waals surface area contributed by atoms with Crippen LogP contribution in [-0.4, -0.2) is 29.2 Å². The Hall–Kier alpha value is -1.95. The number of allylic oxidation sites excluding steroid dienone is 2. The Labute approximate surface area is 148 Å². The van der Waals surface area contributed by atoms with Crippen molar-refractivity contribution in [2.24, 2.45) is 23.7 Å². The second-order valence-electron chi connectivity index (χ2n) is 6.77. The average Bonchev–Trinajstić information content (AvgIpc) is 3.21. The molecule has 4 unspecified atom stereocenters. The lowest BCUT2D eigenvalue weighted by Crippen LogP contribution is -2.39. The van der Waals surface area contributed by atoms with Gasteiger partial charge < -0.3 is 5.32 Å². The van der Waals surface area contributed by atoms with Crippen molar-refractivity contribution in [3.63, 3.8) is 0 Å². The van der Waals surface area contributed by atoms with Crippen molar-refractivity contribution in [1.82, 2.24) is 4.90 Å². The Morgan fingerprint density at radius 2 is 1.83 bits per heavy atom. The summed E-state index contributed by atoms with van der Waals surface area (Å²) in [7, 11) is 0. The summed E-state index contributed by atoms with van der Waals surface area (Å²) in [5.41, 5.74) is 1.65. The Kier molecular flexibility index (Phi) is 3.60. The first-order valence-corrected chi connectivity index (χ1v) is 8.84. The third kappa shape index (κ3) is 2.32. The van der Waals surface area contributed by atoms with Gasteiger partial charge in [-0.1, -0.05) is 28.1 Å². The number of fused-ring (bicyclic) bond motifs is 5. The second kappa shape index (κ2) is 5.55. The van der Waals surface area contributed by atoms with Crippen LogP contribution >= 0.6 is 15.9 Å². The number of carbonyl (C=O) groups excluding carboxylic acids is 3. The maximum atomic E-state index is 12.6. The molecule has 1 aromatic carbocycles. The predicted octanol–water partition coefficient (Wildman–Crippen LogP) is 2.50. The van der Waals surface area contributed by atoms with Crippen LogP contribution < -0.4 is 5.32 Å². The number of nitrogens with one attached hydrogen (secondary N) is 1. The molecule has 0 spiro atoms. The van der Waals surface area contributed by atoms with Gasteiger partial charge in [-0.25, -0.2) is 0 Å². The number of carbonyl (C=O) groups is 3. The van der Waals surface area contributed by atoms with Crippen LogP contribution in [0.1, 0.15) is 12.0 Å². The lowest BCUT2D eigenvalue weighted by atomic mass is 9.85. The van der Waals surface area contributed by atoms with Crippen LogP contribution in [0.4, 0.5) is 5.69 Å². The third-order valence-electron chi connectivity index (χ3n) is 5.31. The predicted molar refractivity (Wildman–Crippen MR) is 91.9 cm³/mol. The number of imide groups is 1. The van der Waals surface area contributed by atoms with E-state index < -0.39 is 0 Å². The molecule has 1 saturated heterocycles. The van der Waals surface area contributed by atoms with Gasteiger partial charge in [-0.15, -0.1) is 0 Å². The van der Waals surface area contributed by atoms with Crippen LogP contribution in [0.15, 0.2) is 34.8 Å². The molecule has 1 aliphatic heterocycles. The monoisotopic (exact) mass is 388 g/mol. The molecule has 1 N–H and O–H groups in total. The van der Waals surface area contributed by atoms with Crippen LogP contribution in [-0.2, 0) is 14.4 Å². The fourth-order valence-electron chi connectivity index (χ4n) is 4.19. The van der Waals surface area contributed by atoms with Crippen molar-refractivity contribution in [2.45, 2.75) is 13.3 Å². The SMILES string of the molecule is Cc1cc(NC(=O)CN2C(=O)C3C4C=CC(C4)C3C2=O)ccc1Br. The third-order valence-corrected chi connectivity index (χ3v) is 6.19. The smallest absolute Gasteiger partial charge is 0.244 e. The standard InChI is InChI=1S/C18H17BrN2O3/c1-9-6-12(4-5-13(9)19)20-14(22)8-21-17(23)15-10-2-3-11(7-10)16(15)18(21)24/h2-6,10-11,15-16H,7-8H2,1H3,(H,20,22). The van der Waals surface area contributed by atoms with E-state index in [-0.39, 0.29) is 47.9 Å². The quantitative estimate of drug-likeness (QED) is 0.638. The zero-order chi connectivity index (χ0) is 17.0. The van der Waals surface area contributed by atoms with Crippen molar-refractivity contribution in [3.05, 3.63) is 40.4 Å². The van der Waals surface area contributed by atoms with Gasteiger partial charge >= 0.3 is 0 Å². The maximum Gasteiger partial charge on any atom is 0.244 e. The van der Waals surface area contributed by atoms with E-state index in [2.05, 4.69) is 21.2 Å². The van der Waals surface area contributed by atoms with Crippen molar-refractivity contribution < 1.29 is 14.4 Å². The molecule has 0 radical (unpaired) electrons. The van der Waals surface area contributed by atoms with E-state index in [1.165, 1.54) is 0 Å². The lowest BCUT2D eigenvalue weighted by molar-refractivity contribution is -0.143. The molecule has 3 amide bonds. The summed E-state index contributed by atoms with van der Waals surface area (Å²) < 4.78 is 0.959. The van der Waals surface area contributed by atoms with Gasteiger partial charge in [-0.3, -0.25) is 19.3 Å². The normalized spacial score (nSPS) is 30.2. The van der Waals surface area contributed by atoms with Crippen LogP contribution in [0, 0.1) is 30.6 Å². The van der Waals surface area contributed by atoms with Crippen molar-refractivity contribution >= 4 is 39.3 Å². The first-order valence-electron chi connectivity index (χ1n) is 8.05. The molecular formula is C18H17BrN2O3. The molecule has 0 aromatic heterocycles. The topological polar surface area (TPSA) is 66.5 Å². The van der Waals surface area contributed by atoms with E-state index in [0.717, 1.165) is 21.4 Å². The Morgan fingerprint density at radius 1 is 1.21 bits per heavy atom. The molecule has 4 rings (SSSR count). The number of anilines is 1. The van der Waals surface area contributed by atoms with Gasteiger partial charge in [0.15, 0.2) is 0 Å². The number of rotatable bonds is 3.